The quantitative estimate of drug-likeness (QED) is 0.574. The number of hydrogen-bond donors (Lipinski definition) is 1. The predicted molar refractivity (Wildman–Crippen MR) is 127 cm³/mol. The molecule has 2 aromatic carbocycles. The molecule has 1 fully saturated rings. The molecular formula is C27H34N2O4. The highest BCUT2D eigenvalue weighted by atomic mass is 16.5. The monoisotopic (exact) mass is 450 g/mol. The van der Waals surface area contributed by atoms with Gasteiger partial charge in [0.25, 0.3) is 5.91 Å². The highest BCUT2D eigenvalue weighted by Crippen LogP contribution is 2.37. The second-order valence-electron chi connectivity index (χ2n) is 8.91. The summed E-state index contributed by atoms with van der Waals surface area (Å²) >= 11 is 0. The smallest absolute Gasteiger partial charge is 0.255 e. The number of hydrogen-bond acceptors (Lipinski definition) is 4. The molecule has 1 N–H and O–H groups in total. The van der Waals surface area contributed by atoms with Crippen LogP contribution in [0.3, 0.4) is 0 Å². The summed E-state index contributed by atoms with van der Waals surface area (Å²) in [5, 5.41) is 3.25. The Morgan fingerprint density at radius 2 is 1.85 bits per heavy atom. The third kappa shape index (κ3) is 5.32. The second kappa shape index (κ2) is 10.7. The Morgan fingerprint density at radius 3 is 2.55 bits per heavy atom. The molecule has 0 aromatic heterocycles. The van der Waals surface area contributed by atoms with E-state index in [1.807, 2.05) is 54.3 Å². The van der Waals surface area contributed by atoms with Gasteiger partial charge in [-0.3, -0.25) is 9.59 Å². The lowest BCUT2D eigenvalue weighted by atomic mass is 10.00. The summed E-state index contributed by atoms with van der Waals surface area (Å²) in [4.78, 5) is 28.3. The number of nitrogens with zero attached hydrogens (tertiary/aromatic N) is 1. The Labute approximate surface area is 196 Å². The van der Waals surface area contributed by atoms with Crippen LogP contribution in [-0.2, 0) is 11.3 Å². The maximum Gasteiger partial charge on any atom is 0.255 e. The first-order chi connectivity index (χ1) is 16.1. The van der Waals surface area contributed by atoms with Crippen molar-refractivity contribution in [2.75, 3.05) is 13.7 Å². The van der Waals surface area contributed by atoms with E-state index in [2.05, 4.69) is 5.32 Å². The van der Waals surface area contributed by atoms with Gasteiger partial charge in [0.15, 0.2) is 11.5 Å². The molecule has 0 saturated heterocycles. The molecule has 6 heteroatoms. The summed E-state index contributed by atoms with van der Waals surface area (Å²) in [6.07, 6.45) is 7.06. The molecule has 1 atom stereocenters. The van der Waals surface area contributed by atoms with E-state index in [4.69, 9.17) is 9.47 Å². The van der Waals surface area contributed by atoms with Crippen LogP contribution >= 0.6 is 0 Å². The van der Waals surface area contributed by atoms with Crippen LogP contribution in [0.15, 0.2) is 42.5 Å². The summed E-state index contributed by atoms with van der Waals surface area (Å²) in [7, 11) is 1.60. The van der Waals surface area contributed by atoms with Crippen LogP contribution in [0, 0.1) is 0 Å². The molecule has 2 aromatic rings. The normalized spacial score (nSPS) is 17.3. The molecule has 2 aliphatic rings. The Kier molecular flexibility index (Phi) is 7.53. The lowest BCUT2D eigenvalue weighted by Crippen LogP contribution is -2.38. The van der Waals surface area contributed by atoms with Gasteiger partial charge in [-0.1, -0.05) is 49.9 Å². The fraction of sp³-hybridized carbons (Fsp3) is 0.481. The minimum atomic E-state index is -0.389. The van der Waals surface area contributed by atoms with Gasteiger partial charge in [-0.2, -0.15) is 0 Å². The zero-order valence-corrected chi connectivity index (χ0v) is 19.6. The summed E-state index contributed by atoms with van der Waals surface area (Å²) in [5.74, 6) is 1.21. The molecule has 0 spiro atoms. The Bertz CT molecular complexity index is 982. The van der Waals surface area contributed by atoms with E-state index in [1.165, 1.54) is 12.8 Å². The van der Waals surface area contributed by atoms with Gasteiger partial charge < -0.3 is 19.7 Å². The standard InChI is InChI=1S/C27H34N2O4/c1-3-33-24-15-14-19(16-25(24)32-2)23(17-26(30)28-21-11-6-4-5-7-12-21)29-18-20-10-8-9-13-22(20)27(29)31/h8-10,13-16,21,23H,3-7,11-12,17-18H2,1-2H3,(H,28,30). The Balaban J connectivity index is 1.60. The van der Waals surface area contributed by atoms with E-state index in [0.29, 0.717) is 30.2 Å². The number of amides is 2. The Hall–Kier alpha value is -3.02. The molecule has 6 nitrogen and oxygen atoms in total. The highest BCUT2D eigenvalue weighted by Gasteiger charge is 2.35. The largest absolute Gasteiger partial charge is 0.493 e. The van der Waals surface area contributed by atoms with Crippen molar-refractivity contribution in [1.29, 1.82) is 0 Å². The van der Waals surface area contributed by atoms with Crippen molar-refractivity contribution in [2.45, 2.75) is 70.5 Å². The summed E-state index contributed by atoms with van der Waals surface area (Å²) in [5.41, 5.74) is 2.58. The van der Waals surface area contributed by atoms with Gasteiger partial charge in [-0.25, -0.2) is 0 Å². The number of carbonyl (C=O) groups excluding carboxylic acids is 2. The van der Waals surface area contributed by atoms with Crippen LogP contribution in [-0.4, -0.2) is 36.5 Å². The zero-order valence-electron chi connectivity index (χ0n) is 19.6. The van der Waals surface area contributed by atoms with Crippen LogP contribution in [0.5, 0.6) is 11.5 Å². The van der Waals surface area contributed by atoms with Crippen LogP contribution < -0.4 is 14.8 Å². The van der Waals surface area contributed by atoms with E-state index < -0.39 is 0 Å². The molecule has 4 rings (SSSR count). The van der Waals surface area contributed by atoms with Crippen molar-refractivity contribution in [3.63, 3.8) is 0 Å². The third-order valence-corrected chi connectivity index (χ3v) is 6.70. The molecule has 1 aliphatic carbocycles. The number of carbonyl (C=O) groups is 2. The summed E-state index contributed by atoms with van der Waals surface area (Å²) < 4.78 is 11.2. The van der Waals surface area contributed by atoms with E-state index in [0.717, 1.165) is 36.8 Å². The van der Waals surface area contributed by atoms with Crippen molar-refractivity contribution in [3.8, 4) is 11.5 Å². The summed E-state index contributed by atoms with van der Waals surface area (Å²) in [6, 6.07) is 13.2. The second-order valence-corrected chi connectivity index (χ2v) is 8.91. The first kappa shape index (κ1) is 23.1. The van der Waals surface area contributed by atoms with E-state index in [1.54, 1.807) is 7.11 Å². The van der Waals surface area contributed by atoms with E-state index in [9.17, 15) is 9.59 Å². The maximum absolute atomic E-state index is 13.3. The number of benzene rings is 2. The van der Waals surface area contributed by atoms with Gasteiger partial charge >= 0.3 is 0 Å². The van der Waals surface area contributed by atoms with Crippen LogP contribution in [0.2, 0.25) is 0 Å². The Morgan fingerprint density at radius 1 is 1.09 bits per heavy atom. The first-order valence-corrected chi connectivity index (χ1v) is 12.1. The molecule has 176 valence electrons. The van der Waals surface area contributed by atoms with Gasteiger partial charge in [0.1, 0.15) is 0 Å². The molecular weight excluding hydrogens is 416 g/mol. The van der Waals surface area contributed by atoms with Crippen LogP contribution in [0.1, 0.15) is 79.4 Å². The SMILES string of the molecule is CCOc1ccc(C(CC(=O)NC2CCCCCC2)N2Cc3ccccc3C2=O)cc1OC. The first-order valence-electron chi connectivity index (χ1n) is 12.1. The van der Waals surface area contributed by atoms with Gasteiger partial charge in [0.05, 0.1) is 26.2 Å². The topological polar surface area (TPSA) is 67.9 Å². The lowest BCUT2D eigenvalue weighted by Gasteiger charge is -2.29. The fourth-order valence-electron chi connectivity index (χ4n) is 4.99. The number of fused-ring (bicyclic) bond motifs is 1. The number of methoxy groups -OCH3 is 1. The average Bonchev–Trinajstić information content (AvgIpc) is 2.98. The van der Waals surface area contributed by atoms with Gasteiger partial charge in [0, 0.05) is 18.2 Å². The van der Waals surface area contributed by atoms with Crippen LogP contribution in [0.25, 0.3) is 0 Å². The summed E-state index contributed by atoms with van der Waals surface area (Å²) in [6.45, 7) is 2.95. The van der Waals surface area contributed by atoms with E-state index >= 15 is 0 Å². The lowest BCUT2D eigenvalue weighted by molar-refractivity contribution is -0.123. The third-order valence-electron chi connectivity index (χ3n) is 6.70. The van der Waals surface area contributed by atoms with Crippen molar-refractivity contribution in [1.82, 2.24) is 10.2 Å². The van der Waals surface area contributed by atoms with Crippen molar-refractivity contribution in [2.24, 2.45) is 0 Å². The highest BCUT2D eigenvalue weighted by molar-refractivity contribution is 5.98. The number of ether oxygens (including phenoxy) is 2. The molecule has 1 saturated carbocycles. The molecule has 2 amide bonds. The average molecular weight is 451 g/mol. The van der Waals surface area contributed by atoms with E-state index in [-0.39, 0.29) is 30.3 Å². The number of rotatable bonds is 8. The molecule has 1 heterocycles. The van der Waals surface area contributed by atoms with Gasteiger partial charge in [-0.15, -0.1) is 0 Å². The molecule has 33 heavy (non-hydrogen) atoms. The van der Waals surface area contributed by atoms with Crippen LogP contribution in [0.4, 0.5) is 0 Å². The van der Waals surface area contributed by atoms with Gasteiger partial charge in [-0.05, 0) is 49.1 Å². The molecule has 1 unspecified atom stereocenters. The van der Waals surface area contributed by atoms with Gasteiger partial charge in [0.2, 0.25) is 5.91 Å². The van der Waals surface area contributed by atoms with Crippen molar-refractivity contribution < 1.29 is 19.1 Å². The van der Waals surface area contributed by atoms with Crippen molar-refractivity contribution >= 4 is 11.8 Å². The fourth-order valence-corrected chi connectivity index (χ4v) is 4.99. The van der Waals surface area contributed by atoms with Crippen molar-refractivity contribution in [3.05, 3.63) is 59.2 Å². The maximum atomic E-state index is 13.3. The molecule has 1 aliphatic heterocycles. The predicted octanol–water partition coefficient (Wildman–Crippen LogP) is 5.02. The molecule has 0 bridgehead atoms. The zero-order chi connectivity index (χ0) is 23.2. The number of nitrogens with one attached hydrogen (secondary N) is 1. The minimum Gasteiger partial charge on any atom is -0.493 e. The minimum absolute atomic E-state index is 0.0106. The molecule has 0 radical (unpaired) electrons.